The molecule has 0 aliphatic carbocycles. The van der Waals surface area contributed by atoms with E-state index in [1.807, 2.05) is 0 Å². The molecule has 3 aromatic carbocycles. The first-order valence-electron chi connectivity index (χ1n) is 10.4. The first-order valence-corrected chi connectivity index (χ1v) is 10.4. The number of rotatable bonds is 0. The SMILES string of the molecule is Cc1ccc2c3c1-c1n(c4ccccc4[n+]1C)C(C)(C)n3c1nc3ccccc3n21. The van der Waals surface area contributed by atoms with Gasteiger partial charge in [0.05, 0.1) is 34.7 Å². The van der Waals surface area contributed by atoms with Crippen LogP contribution in [-0.4, -0.2) is 18.5 Å². The van der Waals surface area contributed by atoms with Crippen molar-refractivity contribution in [2.75, 3.05) is 0 Å². The van der Waals surface area contributed by atoms with Gasteiger partial charge in [-0.25, -0.2) is 9.55 Å². The van der Waals surface area contributed by atoms with Crippen LogP contribution in [-0.2, 0) is 12.7 Å². The minimum atomic E-state index is -0.318. The Kier molecular flexibility index (Phi) is 2.66. The van der Waals surface area contributed by atoms with Crippen LogP contribution in [0.25, 0.3) is 50.3 Å². The molecule has 146 valence electrons. The van der Waals surface area contributed by atoms with Crippen molar-refractivity contribution in [3.8, 4) is 11.4 Å². The highest BCUT2D eigenvalue weighted by Crippen LogP contribution is 2.45. The number of aromatic nitrogens is 5. The summed E-state index contributed by atoms with van der Waals surface area (Å²) in [5.41, 5.74) is 9.40. The number of aryl methyl sites for hydroxylation is 2. The number of hydrogen-bond donors (Lipinski definition) is 0. The lowest BCUT2D eigenvalue weighted by Gasteiger charge is -2.30. The third-order valence-corrected chi connectivity index (χ3v) is 6.90. The quantitative estimate of drug-likeness (QED) is 0.343. The van der Waals surface area contributed by atoms with Crippen molar-refractivity contribution < 1.29 is 4.57 Å². The monoisotopic (exact) mass is 392 g/mol. The molecule has 4 heterocycles. The summed E-state index contributed by atoms with van der Waals surface area (Å²) in [6.07, 6.45) is 0. The largest absolute Gasteiger partial charge is 0.294 e. The maximum absolute atomic E-state index is 5.09. The van der Waals surface area contributed by atoms with Gasteiger partial charge in [0.25, 0.3) is 5.82 Å². The summed E-state index contributed by atoms with van der Waals surface area (Å²) in [4.78, 5) is 5.09. The molecule has 0 saturated heterocycles. The van der Waals surface area contributed by atoms with Gasteiger partial charge in [0.2, 0.25) is 5.78 Å². The van der Waals surface area contributed by atoms with Crippen LogP contribution >= 0.6 is 0 Å². The van der Waals surface area contributed by atoms with Crippen LogP contribution < -0.4 is 4.57 Å². The van der Waals surface area contributed by atoms with Crippen LogP contribution in [0.4, 0.5) is 0 Å². The molecule has 0 fully saturated rings. The van der Waals surface area contributed by atoms with E-state index in [1.165, 1.54) is 39.0 Å². The second-order valence-electron chi connectivity index (χ2n) is 8.90. The molecule has 0 spiro atoms. The van der Waals surface area contributed by atoms with Gasteiger partial charge in [-0.2, -0.15) is 4.57 Å². The van der Waals surface area contributed by atoms with E-state index in [9.17, 15) is 0 Å². The van der Waals surface area contributed by atoms with Crippen molar-refractivity contribution in [1.82, 2.24) is 18.5 Å². The Morgan fingerprint density at radius 2 is 1.57 bits per heavy atom. The van der Waals surface area contributed by atoms with Crippen LogP contribution in [0.2, 0.25) is 0 Å². The minimum absolute atomic E-state index is 0.318. The van der Waals surface area contributed by atoms with Crippen molar-refractivity contribution in [2.45, 2.75) is 26.4 Å². The molecule has 1 aliphatic heterocycles. The number of benzene rings is 3. The van der Waals surface area contributed by atoms with Gasteiger partial charge >= 0.3 is 0 Å². The number of imidazole rings is 3. The summed E-state index contributed by atoms with van der Waals surface area (Å²) in [6, 6.07) is 21.6. The topological polar surface area (TPSA) is 31.0 Å². The Hall–Kier alpha value is -3.60. The Morgan fingerprint density at radius 1 is 0.833 bits per heavy atom. The average molecular weight is 392 g/mol. The number of fused-ring (bicyclic) bond motifs is 9. The molecule has 30 heavy (non-hydrogen) atoms. The zero-order chi connectivity index (χ0) is 20.4. The molecule has 0 amide bonds. The highest BCUT2D eigenvalue weighted by molar-refractivity contribution is 6.00. The summed E-state index contributed by atoms with van der Waals surface area (Å²) in [7, 11) is 2.18. The van der Waals surface area contributed by atoms with E-state index in [0.29, 0.717) is 0 Å². The predicted molar refractivity (Wildman–Crippen MR) is 120 cm³/mol. The van der Waals surface area contributed by atoms with Crippen molar-refractivity contribution in [3.63, 3.8) is 0 Å². The molecule has 7 rings (SSSR count). The molecule has 0 N–H and O–H groups in total. The van der Waals surface area contributed by atoms with Crippen LogP contribution in [0.3, 0.4) is 0 Å². The van der Waals surface area contributed by atoms with Crippen molar-refractivity contribution in [1.29, 1.82) is 0 Å². The van der Waals surface area contributed by atoms with E-state index in [1.54, 1.807) is 0 Å². The van der Waals surface area contributed by atoms with Gasteiger partial charge in [-0.05, 0) is 56.7 Å². The Bertz CT molecular complexity index is 1690. The molecular weight excluding hydrogens is 370 g/mol. The van der Waals surface area contributed by atoms with Crippen LogP contribution in [0.15, 0.2) is 60.7 Å². The van der Waals surface area contributed by atoms with Gasteiger partial charge in [0, 0.05) is 0 Å². The summed E-state index contributed by atoms with van der Waals surface area (Å²) >= 11 is 0. The van der Waals surface area contributed by atoms with Crippen molar-refractivity contribution in [3.05, 3.63) is 66.2 Å². The smallest absolute Gasteiger partial charge is 0.276 e. The van der Waals surface area contributed by atoms with E-state index in [-0.39, 0.29) is 5.66 Å². The Labute approximate surface area is 173 Å². The van der Waals surface area contributed by atoms with Gasteiger partial charge < -0.3 is 0 Å². The molecular formula is C25H22N5+. The highest BCUT2D eigenvalue weighted by Gasteiger charge is 2.45. The van der Waals surface area contributed by atoms with Crippen LogP contribution in [0, 0.1) is 6.92 Å². The zero-order valence-electron chi connectivity index (χ0n) is 17.5. The third-order valence-electron chi connectivity index (χ3n) is 6.90. The van der Waals surface area contributed by atoms with Crippen molar-refractivity contribution in [2.24, 2.45) is 7.05 Å². The molecule has 0 bridgehead atoms. The lowest BCUT2D eigenvalue weighted by Crippen LogP contribution is -2.42. The molecule has 0 atom stereocenters. The van der Waals surface area contributed by atoms with Gasteiger partial charge in [0.15, 0.2) is 16.7 Å². The first kappa shape index (κ1) is 16.2. The molecule has 0 radical (unpaired) electrons. The van der Waals surface area contributed by atoms with Gasteiger partial charge in [-0.1, -0.05) is 30.3 Å². The highest BCUT2D eigenvalue weighted by atomic mass is 15.4. The zero-order valence-corrected chi connectivity index (χ0v) is 17.5. The Balaban J connectivity index is 1.82. The number of hydrogen-bond acceptors (Lipinski definition) is 1. The average Bonchev–Trinajstić information content (AvgIpc) is 3.35. The van der Waals surface area contributed by atoms with Crippen LogP contribution in [0.1, 0.15) is 19.4 Å². The summed E-state index contributed by atoms with van der Waals surface area (Å²) in [5.74, 6) is 2.25. The molecule has 3 aromatic heterocycles. The fourth-order valence-electron chi connectivity index (χ4n) is 5.64. The molecule has 0 unspecified atom stereocenters. The normalized spacial score (nSPS) is 14.9. The van der Waals surface area contributed by atoms with Gasteiger partial charge in [0.1, 0.15) is 0 Å². The standard InChI is InChI=1S/C25H22N5/c1-15-13-14-20-22-21(15)23-27(4)18-11-7-8-12-19(18)29(23)25(2,3)30(22)24-26-16-9-5-6-10-17(16)28(20)24/h5-14H,1-4H3/q+1. The molecule has 0 saturated carbocycles. The maximum Gasteiger partial charge on any atom is 0.294 e. The lowest BCUT2D eigenvalue weighted by molar-refractivity contribution is -0.634. The fraction of sp³-hybridized carbons (Fsp3) is 0.200. The van der Waals surface area contributed by atoms with Gasteiger partial charge in [-0.15, -0.1) is 0 Å². The van der Waals surface area contributed by atoms with E-state index in [4.69, 9.17) is 4.98 Å². The number of para-hydroxylation sites is 4. The lowest BCUT2D eigenvalue weighted by atomic mass is 10.0. The minimum Gasteiger partial charge on any atom is -0.276 e. The van der Waals surface area contributed by atoms with E-state index >= 15 is 0 Å². The molecule has 5 nitrogen and oxygen atoms in total. The fourth-order valence-corrected chi connectivity index (χ4v) is 5.64. The second kappa shape index (κ2) is 4.93. The van der Waals surface area contributed by atoms with Gasteiger partial charge in [-0.3, -0.25) is 8.97 Å². The summed E-state index contributed by atoms with van der Waals surface area (Å²) < 4.78 is 9.58. The molecule has 6 aromatic rings. The van der Waals surface area contributed by atoms with E-state index < -0.39 is 0 Å². The second-order valence-corrected chi connectivity index (χ2v) is 8.90. The van der Waals surface area contributed by atoms with E-state index in [2.05, 4.69) is 107 Å². The third kappa shape index (κ3) is 1.60. The first-order chi connectivity index (χ1) is 14.5. The van der Waals surface area contributed by atoms with Crippen LogP contribution in [0.5, 0.6) is 0 Å². The molecule has 5 heteroatoms. The number of nitrogens with zero attached hydrogens (tertiary/aromatic N) is 5. The predicted octanol–water partition coefficient (Wildman–Crippen LogP) is 4.75. The summed E-state index contributed by atoms with van der Waals surface area (Å²) in [6.45, 7) is 6.81. The molecule has 1 aliphatic rings. The summed E-state index contributed by atoms with van der Waals surface area (Å²) in [5, 5.41) is 0. The van der Waals surface area contributed by atoms with Crippen molar-refractivity contribution >= 4 is 38.9 Å². The Morgan fingerprint density at radius 3 is 2.40 bits per heavy atom. The van der Waals surface area contributed by atoms with E-state index in [0.717, 1.165) is 16.8 Å². The maximum atomic E-state index is 5.09.